The summed E-state index contributed by atoms with van der Waals surface area (Å²) in [6.07, 6.45) is 1.63. The third-order valence-corrected chi connectivity index (χ3v) is 3.48. The van der Waals surface area contributed by atoms with E-state index in [0.717, 1.165) is 12.8 Å². The van der Waals surface area contributed by atoms with Crippen LogP contribution in [0.4, 0.5) is 0 Å². The molecule has 114 valence electrons. The lowest BCUT2D eigenvalue weighted by atomic mass is 10.0. The summed E-state index contributed by atoms with van der Waals surface area (Å²) in [7, 11) is 0. The number of nitrogens with one attached hydrogen (secondary N) is 1. The van der Waals surface area contributed by atoms with Gasteiger partial charge in [0, 0.05) is 17.2 Å². The van der Waals surface area contributed by atoms with Gasteiger partial charge in [0.15, 0.2) is 0 Å². The van der Waals surface area contributed by atoms with Crippen LogP contribution in [0.1, 0.15) is 39.6 Å². The van der Waals surface area contributed by atoms with E-state index in [1.165, 1.54) is 17.7 Å². The number of carbonyl (C=O) groups excluding carboxylic acids is 2. The third kappa shape index (κ3) is 4.19. The van der Waals surface area contributed by atoms with Gasteiger partial charge >= 0.3 is 0 Å². The molecule has 0 saturated heterocycles. The fourth-order valence-electron chi connectivity index (χ4n) is 2.26. The van der Waals surface area contributed by atoms with Gasteiger partial charge in [-0.3, -0.25) is 4.79 Å². The largest absolute Gasteiger partial charge is 0.545 e. The maximum Gasteiger partial charge on any atom is 0.252 e. The summed E-state index contributed by atoms with van der Waals surface area (Å²) in [5, 5.41) is 13.9. The van der Waals surface area contributed by atoms with E-state index in [9.17, 15) is 14.7 Å². The fourth-order valence-corrected chi connectivity index (χ4v) is 2.26. The first-order valence-corrected chi connectivity index (χ1v) is 7.23. The van der Waals surface area contributed by atoms with Crippen molar-refractivity contribution in [2.45, 2.75) is 25.8 Å². The van der Waals surface area contributed by atoms with Gasteiger partial charge in [-0.1, -0.05) is 48.5 Å². The lowest BCUT2D eigenvalue weighted by molar-refractivity contribution is -0.255. The van der Waals surface area contributed by atoms with Gasteiger partial charge in [0.05, 0.1) is 5.97 Å². The van der Waals surface area contributed by atoms with Gasteiger partial charge < -0.3 is 15.2 Å². The number of hydrogen-bond acceptors (Lipinski definition) is 3. The second-order valence-corrected chi connectivity index (χ2v) is 5.23. The highest BCUT2D eigenvalue weighted by molar-refractivity contribution is 6.04. The van der Waals surface area contributed by atoms with Gasteiger partial charge in [0.1, 0.15) is 0 Å². The highest BCUT2D eigenvalue weighted by Gasteiger charge is 2.13. The van der Waals surface area contributed by atoms with Crippen LogP contribution < -0.4 is 10.4 Å². The van der Waals surface area contributed by atoms with Crippen LogP contribution in [-0.4, -0.2) is 17.9 Å². The number of carboxylic acid groups (broad SMARTS) is 1. The number of hydrogen-bond donors (Lipinski definition) is 1. The van der Waals surface area contributed by atoms with E-state index in [4.69, 9.17) is 0 Å². The molecule has 4 nitrogen and oxygen atoms in total. The molecule has 0 fully saturated rings. The topological polar surface area (TPSA) is 69.2 Å². The van der Waals surface area contributed by atoms with Gasteiger partial charge in [0.25, 0.3) is 5.91 Å². The van der Waals surface area contributed by atoms with E-state index in [0.29, 0.717) is 0 Å². The first kappa shape index (κ1) is 15.8. The minimum Gasteiger partial charge on any atom is -0.545 e. The van der Waals surface area contributed by atoms with E-state index in [-0.39, 0.29) is 23.1 Å². The Balaban J connectivity index is 1.95. The molecular formula is C18H18NO3-. The average Bonchev–Trinajstić information content (AvgIpc) is 2.54. The number of carbonyl (C=O) groups is 2. The Morgan fingerprint density at radius 3 is 2.23 bits per heavy atom. The maximum absolute atomic E-state index is 12.2. The minimum absolute atomic E-state index is 0.0532. The Labute approximate surface area is 129 Å². The van der Waals surface area contributed by atoms with E-state index in [1.54, 1.807) is 12.1 Å². The van der Waals surface area contributed by atoms with E-state index in [2.05, 4.69) is 5.32 Å². The number of aryl methyl sites for hydroxylation is 1. The van der Waals surface area contributed by atoms with Crippen molar-refractivity contribution in [3.8, 4) is 0 Å². The van der Waals surface area contributed by atoms with E-state index in [1.807, 2.05) is 37.3 Å². The Morgan fingerprint density at radius 1 is 1.00 bits per heavy atom. The van der Waals surface area contributed by atoms with E-state index < -0.39 is 5.97 Å². The van der Waals surface area contributed by atoms with E-state index >= 15 is 0 Å². The van der Waals surface area contributed by atoms with Crippen LogP contribution in [0.25, 0.3) is 0 Å². The molecule has 0 radical (unpaired) electrons. The van der Waals surface area contributed by atoms with Crippen LogP contribution in [0.3, 0.4) is 0 Å². The number of rotatable bonds is 6. The normalized spacial score (nSPS) is 11.7. The molecule has 4 heteroatoms. The molecule has 0 heterocycles. The zero-order chi connectivity index (χ0) is 15.9. The number of carboxylic acids is 1. The molecule has 22 heavy (non-hydrogen) atoms. The molecule has 2 aromatic carbocycles. The second-order valence-electron chi connectivity index (χ2n) is 5.23. The van der Waals surface area contributed by atoms with Crippen LogP contribution >= 0.6 is 0 Å². The molecule has 1 amide bonds. The summed E-state index contributed by atoms with van der Waals surface area (Å²) in [5.74, 6) is -1.73. The summed E-state index contributed by atoms with van der Waals surface area (Å²) < 4.78 is 0. The van der Waals surface area contributed by atoms with Crippen molar-refractivity contribution in [2.24, 2.45) is 0 Å². The van der Waals surface area contributed by atoms with Gasteiger partial charge in [-0.05, 0) is 31.4 Å². The molecule has 0 saturated carbocycles. The molecule has 1 atom stereocenters. The SMILES string of the molecule is CC(CCc1ccccc1)NC(=O)c1ccccc1C(=O)[O-]. The Morgan fingerprint density at radius 2 is 1.59 bits per heavy atom. The third-order valence-electron chi connectivity index (χ3n) is 3.48. The minimum atomic E-state index is -1.34. The van der Waals surface area contributed by atoms with Crippen molar-refractivity contribution >= 4 is 11.9 Å². The van der Waals surface area contributed by atoms with Crippen molar-refractivity contribution in [1.82, 2.24) is 5.32 Å². The average molecular weight is 296 g/mol. The fraction of sp³-hybridized carbons (Fsp3) is 0.222. The quantitative estimate of drug-likeness (QED) is 0.883. The Kier molecular flexibility index (Phi) is 5.31. The lowest BCUT2D eigenvalue weighted by Gasteiger charge is -2.16. The number of aromatic carboxylic acids is 1. The molecule has 2 rings (SSSR count). The molecule has 0 aliphatic heterocycles. The molecule has 0 aromatic heterocycles. The maximum atomic E-state index is 12.2. The summed E-state index contributed by atoms with van der Waals surface area (Å²) in [4.78, 5) is 23.2. The van der Waals surface area contributed by atoms with Crippen LogP contribution in [0.15, 0.2) is 54.6 Å². The molecule has 0 bridgehead atoms. The molecule has 1 N–H and O–H groups in total. The molecule has 0 spiro atoms. The van der Waals surface area contributed by atoms with Crippen LogP contribution in [0, 0.1) is 0 Å². The highest BCUT2D eigenvalue weighted by atomic mass is 16.4. The molecule has 2 aromatic rings. The first-order chi connectivity index (χ1) is 10.6. The smallest absolute Gasteiger partial charge is 0.252 e. The summed E-state index contributed by atoms with van der Waals surface area (Å²) >= 11 is 0. The van der Waals surface area contributed by atoms with Crippen molar-refractivity contribution in [2.75, 3.05) is 0 Å². The zero-order valence-electron chi connectivity index (χ0n) is 12.4. The number of amides is 1. The van der Waals surface area contributed by atoms with Crippen molar-refractivity contribution in [3.05, 3.63) is 71.3 Å². The number of benzene rings is 2. The van der Waals surface area contributed by atoms with Gasteiger partial charge in [0.2, 0.25) is 0 Å². The first-order valence-electron chi connectivity index (χ1n) is 7.23. The summed E-state index contributed by atoms with van der Waals surface area (Å²) in [6.45, 7) is 1.91. The van der Waals surface area contributed by atoms with Crippen molar-refractivity contribution < 1.29 is 14.7 Å². The summed E-state index contributed by atoms with van der Waals surface area (Å²) in [5.41, 5.74) is 1.25. The van der Waals surface area contributed by atoms with Crippen molar-refractivity contribution in [1.29, 1.82) is 0 Å². The predicted molar refractivity (Wildman–Crippen MR) is 82.5 cm³/mol. The Bertz CT molecular complexity index is 652. The zero-order valence-corrected chi connectivity index (χ0v) is 12.4. The summed E-state index contributed by atoms with van der Waals surface area (Å²) in [6, 6.07) is 16.0. The monoisotopic (exact) mass is 296 g/mol. The predicted octanol–water partition coefficient (Wildman–Crippen LogP) is 1.80. The molecule has 1 unspecified atom stereocenters. The molecular weight excluding hydrogens is 278 g/mol. The highest BCUT2D eigenvalue weighted by Crippen LogP contribution is 2.09. The van der Waals surface area contributed by atoms with Crippen LogP contribution in [-0.2, 0) is 6.42 Å². The standard InChI is InChI=1S/C18H19NO3/c1-13(11-12-14-7-3-2-4-8-14)19-17(20)15-9-5-6-10-16(15)18(21)22/h2-10,13H,11-12H2,1H3,(H,19,20)(H,21,22)/p-1. The van der Waals surface area contributed by atoms with Crippen LogP contribution in [0.2, 0.25) is 0 Å². The van der Waals surface area contributed by atoms with Gasteiger partial charge in [-0.15, -0.1) is 0 Å². The van der Waals surface area contributed by atoms with Gasteiger partial charge in [-0.2, -0.15) is 0 Å². The molecule has 0 aliphatic rings. The lowest BCUT2D eigenvalue weighted by Crippen LogP contribution is -2.35. The van der Waals surface area contributed by atoms with Crippen LogP contribution in [0.5, 0.6) is 0 Å². The van der Waals surface area contributed by atoms with Gasteiger partial charge in [-0.25, -0.2) is 0 Å². The molecule has 0 aliphatic carbocycles. The Hall–Kier alpha value is -2.62. The second kappa shape index (κ2) is 7.41. The van der Waals surface area contributed by atoms with Crippen molar-refractivity contribution in [3.63, 3.8) is 0 Å².